The average Bonchev–Trinajstić information content (AvgIpc) is 2.81. The van der Waals surface area contributed by atoms with Crippen LogP contribution < -0.4 is 5.32 Å². The first-order chi connectivity index (χ1) is 5.61. The van der Waals surface area contributed by atoms with Gasteiger partial charge in [0, 0.05) is 12.1 Å². The van der Waals surface area contributed by atoms with Crippen LogP contribution in [0.2, 0.25) is 0 Å². The van der Waals surface area contributed by atoms with Crippen molar-refractivity contribution in [1.82, 2.24) is 10.2 Å². The minimum absolute atomic E-state index is 0.677. The largest absolute Gasteiger partial charge is 0.314 e. The third-order valence-electron chi connectivity index (χ3n) is 2.94. The van der Waals surface area contributed by atoms with Crippen molar-refractivity contribution in [2.45, 2.75) is 38.8 Å². The molecule has 1 aliphatic rings. The zero-order valence-electron chi connectivity index (χ0n) is 8.80. The van der Waals surface area contributed by atoms with Crippen molar-refractivity contribution in [2.24, 2.45) is 5.92 Å². The van der Waals surface area contributed by atoms with Crippen molar-refractivity contribution in [3.05, 3.63) is 0 Å². The molecule has 0 aromatic rings. The molecule has 0 amide bonds. The number of nitrogens with zero attached hydrogens (tertiary/aromatic N) is 1. The van der Waals surface area contributed by atoms with E-state index in [4.69, 9.17) is 0 Å². The highest BCUT2D eigenvalue weighted by atomic mass is 15.1. The van der Waals surface area contributed by atoms with E-state index in [0.717, 1.165) is 12.0 Å². The Labute approximate surface area is 76.3 Å². The molecule has 0 aromatic carbocycles. The molecule has 0 bridgehead atoms. The summed E-state index contributed by atoms with van der Waals surface area (Å²) in [6, 6.07) is 1.53. The van der Waals surface area contributed by atoms with E-state index in [1.165, 1.54) is 19.4 Å². The van der Waals surface area contributed by atoms with E-state index in [1.54, 1.807) is 0 Å². The Morgan fingerprint density at radius 2 is 1.92 bits per heavy atom. The van der Waals surface area contributed by atoms with Gasteiger partial charge >= 0.3 is 0 Å². The van der Waals surface area contributed by atoms with Gasteiger partial charge in [0.1, 0.15) is 0 Å². The molecular formula is C10H22N2. The molecular weight excluding hydrogens is 148 g/mol. The van der Waals surface area contributed by atoms with Crippen LogP contribution in [0.4, 0.5) is 0 Å². The van der Waals surface area contributed by atoms with Gasteiger partial charge < -0.3 is 10.2 Å². The topological polar surface area (TPSA) is 15.3 Å². The monoisotopic (exact) mass is 170 g/mol. The molecule has 1 aliphatic carbocycles. The summed E-state index contributed by atoms with van der Waals surface area (Å²) < 4.78 is 0. The molecule has 2 nitrogen and oxygen atoms in total. The first kappa shape index (κ1) is 10.0. The molecule has 0 aliphatic heterocycles. The Kier molecular flexibility index (Phi) is 3.53. The van der Waals surface area contributed by atoms with Gasteiger partial charge in [0.25, 0.3) is 0 Å². The zero-order chi connectivity index (χ0) is 9.14. The summed E-state index contributed by atoms with van der Waals surface area (Å²) in [5, 5.41) is 3.57. The van der Waals surface area contributed by atoms with E-state index in [0.29, 0.717) is 6.04 Å². The number of hydrogen-bond donors (Lipinski definition) is 1. The minimum atomic E-state index is 0.677. The standard InChI is InChI=1S/C10H22N2/c1-8(9(2)12(3)4)7-11-10-5-6-10/h8-11H,5-7H2,1-4H3. The molecule has 0 heterocycles. The van der Waals surface area contributed by atoms with Crippen molar-refractivity contribution < 1.29 is 0 Å². The summed E-state index contributed by atoms with van der Waals surface area (Å²) in [5.41, 5.74) is 0. The molecule has 0 spiro atoms. The fourth-order valence-corrected chi connectivity index (χ4v) is 1.32. The van der Waals surface area contributed by atoms with Crippen LogP contribution in [-0.2, 0) is 0 Å². The van der Waals surface area contributed by atoms with Gasteiger partial charge in [0.15, 0.2) is 0 Å². The van der Waals surface area contributed by atoms with E-state index >= 15 is 0 Å². The molecule has 1 saturated carbocycles. The van der Waals surface area contributed by atoms with Gasteiger partial charge in [0.05, 0.1) is 0 Å². The van der Waals surface area contributed by atoms with Crippen molar-refractivity contribution in [3.8, 4) is 0 Å². The van der Waals surface area contributed by atoms with Gasteiger partial charge in [-0.1, -0.05) is 6.92 Å². The lowest BCUT2D eigenvalue weighted by molar-refractivity contribution is 0.234. The SMILES string of the molecule is CC(CNC1CC1)C(C)N(C)C. The third-order valence-corrected chi connectivity index (χ3v) is 2.94. The van der Waals surface area contributed by atoms with E-state index < -0.39 is 0 Å². The van der Waals surface area contributed by atoms with Crippen LogP contribution in [-0.4, -0.2) is 37.6 Å². The number of hydrogen-bond acceptors (Lipinski definition) is 2. The predicted molar refractivity (Wildman–Crippen MR) is 53.3 cm³/mol. The summed E-state index contributed by atoms with van der Waals surface area (Å²) in [7, 11) is 4.30. The van der Waals surface area contributed by atoms with Gasteiger partial charge in [-0.3, -0.25) is 0 Å². The van der Waals surface area contributed by atoms with Crippen LogP contribution in [0.5, 0.6) is 0 Å². The van der Waals surface area contributed by atoms with E-state index in [1.807, 2.05) is 0 Å². The van der Waals surface area contributed by atoms with Gasteiger partial charge in [0.2, 0.25) is 0 Å². The number of rotatable bonds is 5. The molecule has 0 aromatic heterocycles. The average molecular weight is 170 g/mol. The van der Waals surface area contributed by atoms with Crippen LogP contribution >= 0.6 is 0 Å². The molecule has 1 rings (SSSR count). The summed E-state index contributed by atoms with van der Waals surface area (Å²) in [5.74, 6) is 0.751. The molecule has 2 unspecified atom stereocenters. The first-order valence-electron chi connectivity index (χ1n) is 5.01. The quantitative estimate of drug-likeness (QED) is 0.669. The second-order valence-corrected chi connectivity index (χ2v) is 4.36. The molecule has 1 N–H and O–H groups in total. The van der Waals surface area contributed by atoms with Crippen molar-refractivity contribution in [3.63, 3.8) is 0 Å². The van der Waals surface area contributed by atoms with Crippen molar-refractivity contribution in [2.75, 3.05) is 20.6 Å². The normalized spacial score (nSPS) is 22.8. The second-order valence-electron chi connectivity index (χ2n) is 4.36. The Bertz CT molecular complexity index is 130. The molecule has 72 valence electrons. The van der Waals surface area contributed by atoms with E-state index in [-0.39, 0.29) is 0 Å². The molecule has 2 heteroatoms. The zero-order valence-corrected chi connectivity index (χ0v) is 8.80. The lowest BCUT2D eigenvalue weighted by Gasteiger charge is -2.26. The lowest BCUT2D eigenvalue weighted by atomic mass is 10.0. The second kappa shape index (κ2) is 4.24. The van der Waals surface area contributed by atoms with Crippen LogP contribution in [0.15, 0.2) is 0 Å². The van der Waals surface area contributed by atoms with E-state index in [9.17, 15) is 0 Å². The Morgan fingerprint density at radius 3 is 2.33 bits per heavy atom. The number of nitrogens with one attached hydrogen (secondary N) is 1. The summed E-state index contributed by atoms with van der Waals surface area (Å²) in [6.45, 7) is 5.78. The fraction of sp³-hybridized carbons (Fsp3) is 1.00. The highest BCUT2D eigenvalue weighted by Crippen LogP contribution is 2.19. The third kappa shape index (κ3) is 3.11. The Balaban J connectivity index is 2.11. The van der Waals surface area contributed by atoms with E-state index in [2.05, 4.69) is 38.2 Å². The summed E-state index contributed by atoms with van der Waals surface area (Å²) in [4.78, 5) is 2.29. The van der Waals surface area contributed by atoms with Crippen molar-refractivity contribution >= 4 is 0 Å². The van der Waals surface area contributed by atoms with Gasteiger partial charge in [-0.15, -0.1) is 0 Å². The van der Waals surface area contributed by atoms with Gasteiger partial charge in [-0.05, 0) is 46.3 Å². The Hall–Kier alpha value is -0.0800. The first-order valence-corrected chi connectivity index (χ1v) is 5.01. The maximum absolute atomic E-state index is 3.57. The molecule has 0 saturated heterocycles. The lowest BCUT2D eigenvalue weighted by Crippen LogP contribution is -2.37. The summed E-state index contributed by atoms with van der Waals surface area (Å²) >= 11 is 0. The Morgan fingerprint density at radius 1 is 1.33 bits per heavy atom. The smallest absolute Gasteiger partial charge is 0.00985 e. The van der Waals surface area contributed by atoms with Crippen molar-refractivity contribution in [1.29, 1.82) is 0 Å². The molecule has 0 radical (unpaired) electrons. The van der Waals surface area contributed by atoms with Crippen LogP contribution in [0.1, 0.15) is 26.7 Å². The highest BCUT2D eigenvalue weighted by molar-refractivity contribution is 4.82. The molecule has 12 heavy (non-hydrogen) atoms. The maximum atomic E-state index is 3.57. The summed E-state index contributed by atoms with van der Waals surface area (Å²) in [6.07, 6.45) is 2.78. The van der Waals surface area contributed by atoms with Crippen LogP contribution in [0.25, 0.3) is 0 Å². The van der Waals surface area contributed by atoms with Crippen LogP contribution in [0.3, 0.4) is 0 Å². The molecule has 1 fully saturated rings. The van der Waals surface area contributed by atoms with Gasteiger partial charge in [-0.25, -0.2) is 0 Å². The minimum Gasteiger partial charge on any atom is -0.314 e. The maximum Gasteiger partial charge on any atom is 0.00985 e. The fourth-order valence-electron chi connectivity index (χ4n) is 1.32. The van der Waals surface area contributed by atoms with Gasteiger partial charge in [-0.2, -0.15) is 0 Å². The van der Waals surface area contributed by atoms with Crippen LogP contribution in [0, 0.1) is 5.92 Å². The molecule has 2 atom stereocenters. The predicted octanol–water partition coefficient (Wildman–Crippen LogP) is 1.32. The highest BCUT2D eigenvalue weighted by Gasteiger charge is 2.22.